The number of benzene rings is 1. The van der Waals surface area contributed by atoms with Crippen LogP contribution in [0.15, 0.2) is 24.3 Å². The van der Waals surface area contributed by atoms with E-state index in [0.29, 0.717) is 23.8 Å². The molecule has 0 radical (unpaired) electrons. The van der Waals surface area contributed by atoms with E-state index in [1.807, 2.05) is 11.8 Å². The van der Waals surface area contributed by atoms with E-state index in [1.54, 1.807) is 24.3 Å². The highest BCUT2D eigenvalue weighted by Crippen LogP contribution is 2.28. The predicted octanol–water partition coefficient (Wildman–Crippen LogP) is 3.12. The molecule has 2 rings (SSSR count). The minimum absolute atomic E-state index is 0.118. The van der Waals surface area contributed by atoms with Gasteiger partial charge in [0.15, 0.2) is 18.2 Å². The molecule has 1 aromatic carbocycles. The number of para-hydroxylation sites is 2. The highest BCUT2D eigenvalue weighted by atomic mass is 16.6. The van der Waals surface area contributed by atoms with E-state index in [1.165, 1.54) is 13.8 Å². The number of amidine groups is 1. The zero-order valence-electron chi connectivity index (χ0n) is 15.5. The summed E-state index contributed by atoms with van der Waals surface area (Å²) in [5, 5.41) is 8.34. The highest BCUT2D eigenvalue weighted by Gasteiger charge is 2.30. The van der Waals surface area contributed by atoms with Crippen LogP contribution in [0.2, 0.25) is 0 Å². The smallest absolute Gasteiger partial charge is 0.308 e. The van der Waals surface area contributed by atoms with Gasteiger partial charge in [-0.15, -0.1) is 0 Å². The molecule has 2 atom stereocenters. The van der Waals surface area contributed by atoms with E-state index in [2.05, 4.69) is 0 Å². The Kier molecular flexibility index (Phi) is 7.00. The lowest BCUT2D eigenvalue weighted by atomic mass is 10.1. The number of hydrogen-bond acceptors (Lipinski definition) is 6. The van der Waals surface area contributed by atoms with Crippen molar-refractivity contribution in [1.82, 2.24) is 4.90 Å². The number of likely N-dealkylation sites (tertiary alicyclic amines) is 1. The molecule has 1 saturated heterocycles. The highest BCUT2D eigenvalue weighted by molar-refractivity contribution is 5.79. The molecule has 1 aromatic rings. The van der Waals surface area contributed by atoms with Crippen LogP contribution in [0.25, 0.3) is 0 Å². The second-order valence-corrected chi connectivity index (χ2v) is 6.36. The fourth-order valence-electron chi connectivity index (χ4n) is 3.10. The lowest BCUT2D eigenvalue weighted by molar-refractivity contribution is -0.148. The van der Waals surface area contributed by atoms with Gasteiger partial charge < -0.3 is 19.1 Å². The fraction of sp³-hybridized carbons (Fsp3) is 0.526. The molecule has 0 aromatic heterocycles. The summed E-state index contributed by atoms with van der Waals surface area (Å²) >= 11 is 0. The first kappa shape index (κ1) is 19.8. The van der Waals surface area contributed by atoms with E-state index < -0.39 is 5.97 Å². The maximum Gasteiger partial charge on any atom is 0.308 e. The van der Waals surface area contributed by atoms with Crippen LogP contribution in [-0.2, 0) is 14.3 Å². The van der Waals surface area contributed by atoms with Crippen LogP contribution >= 0.6 is 0 Å². The van der Waals surface area contributed by atoms with Gasteiger partial charge >= 0.3 is 11.9 Å². The molecule has 26 heavy (non-hydrogen) atoms. The molecule has 0 spiro atoms. The molecule has 2 unspecified atom stereocenters. The molecule has 0 saturated carbocycles. The lowest BCUT2D eigenvalue weighted by Gasteiger charge is -2.35. The Labute approximate surface area is 153 Å². The summed E-state index contributed by atoms with van der Waals surface area (Å²) in [4.78, 5) is 24.4. The van der Waals surface area contributed by atoms with E-state index >= 15 is 0 Å². The summed E-state index contributed by atoms with van der Waals surface area (Å²) < 4.78 is 16.4. The normalized spacial score (nSPS) is 18.7. The molecule has 0 amide bonds. The van der Waals surface area contributed by atoms with Gasteiger partial charge in [0.1, 0.15) is 6.10 Å². The molecule has 1 heterocycles. The Morgan fingerprint density at radius 3 is 2.54 bits per heavy atom. The van der Waals surface area contributed by atoms with Crippen molar-refractivity contribution >= 4 is 17.8 Å². The number of carbonyl (C=O) groups excluding carboxylic acids is 2. The zero-order valence-corrected chi connectivity index (χ0v) is 15.5. The van der Waals surface area contributed by atoms with Crippen molar-refractivity contribution in [1.29, 1.82) is 5.41 Å². The van der Waals surface area contributed by atoms with Gasteiger partial charge in [0.05, 0.1) is 11.9 Å². The van der Waals surface area contributed by atoms with Gasteiger partial charge in [0.25, 0.3) is 0 Å². The summed E-state index contributed by atoms with van der Waals surface area (Å²) in [5.74, 6) is 0.459. The molecule has 1 N–H and O–H groups in total. The van der Waals surface area contributed by atoms with Crippen LogP contribution < -0.4 is 9.47 Å². The molecule has 7 nitrogen and oxygen atoms in total. The summed E-state index contributed by atoms with van der Waals surface area (Å²) in [6.45, 7) is 4.67. The Bertz CT molecular complexity index is 661. The third-order valence-electron chi connectivity index (χ3n) is 4.27. The van der Waals surface area contributed by atoms with Gasteiger partial charge in [-0.1, -0.05) is 18.6 Å². The molecular weight excluding hydrogens is 336 g/mol. The summed E-state index contributed by atoms with van der Waals surface area (Å²) in [6.07, 6.45) is 2.99. The van der Waals surface area contributed by atoms with Crippen molar-refractivity contribution in [3.05, 3.63) is 24.3 Å². The zero-order chi connectivity index (χ0) is 19.1. The number of rotatable bonds is 6. The van der Waals surface area contributed by atoms with Crippen molar-refractivity contribution < 1.29 is 23.8 Å². The third-order valence-corrected chi connectivity index (χ3v) is 4.27. The van der Waals surface area contributed by atoms with E-state index in [9.17, 15) is 9.59 Å². The molecule has 1 aliphatic rings. The van der Waals surface area contributed by atoms with E-state index in [0.717, 1.165) is 19.3 Å². The number of carbonyl (C=O) groups is 2. The molecule has 7 heteroatoms. The van der Waals surface area contributed by atoms with E-state index in [4.69, 9.17) is 19.6 Å². The Hall–Kier alpha value is -2.57. The summed E-state index contributed by atoms with van der Waals surface area (Å²) in [6, 6.07) is 6.78. The molecule has 1 aliphatic heterocycles. The van der Waals surface area contributed by atoms with Crippen molar-refractivity contribution in [3.63, 3.8) is 0 Å². The van der Waals surface area contributed by atoms with Gasteiger partial charge in [0.2, 0.25) is 0 Å². The summed E-state index contributed by atoms with van der Waals surface area (Å²) in [7, 11) is 0. The first-order valence-electron chi connectivity index (χ1n) is 8.80. The number of hydrogen-bond donors (Lipinski definition) is 1. The largest absolute Gasteiger partial charge is 0.469 e. The van der Waals surface area contributed by atoms with Gasteiger partial charge in [0, 0.05) is 20.3 Å². The van der Waals surface area contributed by atoms with Crippen molar-refractivity contribution in [2.75, 3.05) is 6.73 Å². The van der Waals surface area contributed by atoms with Crippen LogP contribution in [0.4, 0.5) is 0 Å². The number of nitrogens with zero attached hydrogens (tertiary/aromatic N) is 1. The monoisotopic (exact) mass is 362 g/mol. The second kappa shape index (κ2) is 9.22. The topological polar surface area (TPSA) is 88.9 Å². The minimum atomic E-state index is -0.426. The van der Waals surface area contributed by atoms with Crippen molar-refractivity contribution in [3.8, 4) is 11.5 Å². The third kappa shape index (κ3) is 5.47. The second-order valence-electron chi connectivity index (χ2n) is 6.36. The standard InChI is InChI=1S/C19H26N2O5/c1-13(25-14(2)22)16-8-4-7-11-19(20)21(16)12-24-17-9-5-6-10-18(17)26-15(3)23/h5-6,9-10,13,16,20H,4,7-8,11-12H2,1-3H3. The quantitative estimate of drug-likeness (QED) is 0.618. The average molecular weight is 362 g/mol. The Morgan fingerprint density at radius 1 is 1.19 bits per heavy atom. The maximum absolute atomic E-state index is 11.3. The van der Waals surface area contributed by atoms with Crippen molar-refractivity contribution in [2.45, 2.75) is 58.6 Å². The van der Waals surface area contributed by atoms with Gasteiger partial charge in [-0.2, -0.15) is 0 Å². The molecule has 1 fully saturated rings. The molecule has 0 aliphatic carbocycles. The average Bonchev–Trinajstić information content (AvgIpc) is 2.74. The van der Waals surface area contributed by atoms with Crippen LogP contribution in [0.1, 0.15) is 46.5 Å². The molecule has 142 valence electrons. The lowest BCUT2D eigenvalue weighted by Crippen LogP contribution is -2.47. The first-order chi connectivity index (χ1) is 12.4. The number of esters is 2. The van der Waals surface area contributed by atoms with Gasteiger partial charge in [-0.3, -0.25) is 15.0 Å². The van der Waals surface area contributed by atoms with Crippen LogP contribution in [0, 0.1) is 5.41 Å². The molecular formula is C19H26N2O5. The SMILES string of the molecule is CC(=O)Oc1ccccc1OCN1C(=N)CCCCC1C(C)OC(C)=O. The Balaban J connectivity index is 2.14. The minimum Gasteiger partial charge on any atom is -0.469 e. The first-order valence-corrected chi connectivity index (χ1v) is 8.80. The van der Waals surface area contributed by atoms with Crippen molar-refractivity contribution in [2.24, 2.45) is 0 Å². The number of ether oxygens (including phenoxy) is 3. The predicted molar refractivity (Wildman–Crippen MR) is 96.3 cm³/mol. The van der Waals surface area contributed by atoms with Crippen LogP contribution in [0.5, 0.6) is 11.5 Å². The van der Waals surface area contributed by atoms with Crippen LogP contribution in [0.3, 0.4) is 0 Å². The summed E-state index contributed by atoms with van der Waals surface area (Å²) in [5.41, 5.74) is 0. The fourth-order valence-corrected chi connectivity index (χ4v) is 3.10. The van der Waals surface area contributed by atoms with Gasteiger partial charge in [-0.05, 0) is 31.9 Å². The maximum atomic E-state index is 11.3. The van der Waals surface area contributed by atoms with Gasteiger partial charge in [-0.25, -0.2) is 0 Å². The number of nitrogens with one attached hydrogen (secondary N) is 1. The Morgan fingerprint density at radius 2 is 1.88 bits per heavy atom. The van der Waals surface area contributed by atoms with Crippen LogP contribution in [-0.4, -0.2) is 41.6 Å². The molecule has 0 bridgehead atoms. The van der Waals surface area contributed by atoms with E-state index in [-0.39, 0.29) is 24.8 Å².